The maximum absolute atomic E-state index is 13.6. The molecule has 2 rings (SSSR count). The minimum Gasteiger partial charge on any atom is -0.252 e. The van der Waals surface area contributed by atoms with Gasteiger partial charge in [-0.25, -0.2) is 9.37 Å². The monoisotopic (exact) mass is 239 g/mol. The first kappa shape index (κ1) is 11.9. The second-order valence-corrected chi connectivity index (χ2v) is 3.71. The van der Waals surface area contributed by atoms with Crippen LogP contribution < -0.4 is 0 Å². The first-order valence-corrected chi connectivity index (χ1v) is 5.36. The second-order valence-electron chi connectivity index (χ2n) is 3.71. The van der Waals surface area contributed by atoms with Gasteiger partial charge in [0.1, 0.15) is 11.9 Å². The van der Waals surface area contributed by atoms with E-state index in [0.717, 1.165) is 0 Å². The molecular formula is C14H10FN3. The third-order valence-electron chi connectivity index (χ3n) is 2.48. The quantitative estimate of drug-likeness (QED) is 0.809. The van der Waals surface area contributed by atoms with Gasteiger partial charge >= 0.3 is 0 Å². The van der Waals surface area contributed by atoms with Gasteiger partial charge in [0.25, 0.3) is 0 Å². The zero-order valence-electron chi connectivity index (χ0n) is 9.76. The number of nitrogens with zero attached hydrogens (tertiary/aromatic N) is 3. The Hall–Kier alpha value is -2.54. The number of rotatable bonds is 2. The van der Waals surface area contributed by atoms with Crippen molar-refractivity contribution < 1.29 is 4.39 Å². The Labute approximate surface area is 104 Å². The average molecular weight is 239 g/mol. The van der Waals surface area contributed by atoms with Crippen LogP contribution in [0.15, 0.2) is 36.7 Å². The smallest absolute Gasteiger partial charge is 0.166 e. The SMILES string of the molecule is C/C(=C\c1nccnc1C#N)c1ccccc1F. The Morgan fingerprint density at radius 3 is 2.72 bits per heavy atom. The predicted octanol–water partition coefficient (Wildman–Crippen LogP) is 3.05. The predicted molar refractivity (Wildman–Crippen MR) is 66.7 cm³/mol. The molecule has 0 aliphatic heterocycles. The molecule has 88 valence electrons. The topological polar surface area (TPSA) is 49.6 Å². The van der Waals surface area contributed by atoms with Gasteiger partial charge in [-0.15, -0.1) is 0 Å². The van der Waals surface area contributed by atoms with Crippen LogP contribution in [0.1, 0.15) is 23.9 Å². The standard InChI is InChI=1S/C14H10FN3/c1-10(11-4-2-3-5-12(11)15)8-13-14(9-16)18-7-6-17-13/h2-8H,1H3/b10-8+. The number of hydrogen-bond acceptors (Lipinski definition) is 3. The maximum atomic E-state index is 13.6. The lowest BCUT2D eigenvalue weighted by Crippen LogP contribution is -1.92. The Morgan fingerprint density at radius 2 is 2.00 bits per heavy atom. The highest BCUT2D eigenvalue weighted by molar-refractivity contribution is 5.80. The highest BCUT2D eigenvalue weighted by atomic mass is 19.1. The lowest BCUT2D eigenvalue weighted by Gasteiger charge is -2.03. The third kappa shape index (κ3) is 2.41. The van der Waals surface area contributed by atoms with E-state index in [0.29, 0.717) is 16.8 Å². The highest BCUT2D eigenvalue weighted by Gasteiger charge is 2.05. The molecule has 4 heteroatoms. The molecule has 1 aromatic carbocycles. The number of hydrogen-bond donors (Lipinski definition) is 0. The molecule has 0 fully saturated rings. The number of nitriles is 1. The van der Waals surface area contributed by atoms with E-state index in [2.05, 4.69) is 9.97 Å². The van der Waals surface area contributed by atoms with Crippen LogP contribution >= 0.6 is 0 Å². The minimum atomic E-state index is -0.298. The van der Waals surface area contributed by atoms with Gasteiger partial charge in [0.05, 0.1) is 5.69 Å². The molecule has 0 aliphatic rings. The van der Waals surface area contributed by atoms with E-state index >= 15 is 0 Å². The van der Waals surface area contributed by atoms with E-state index in [-0.39, 0.29) is 11.5 Å². The molecule has 0 saturated heterocycles. The van der Waals surface area contributed by atoms with Gasteiger partial charge in [-0.3, -0.25) is 4.98 Å². The van der Waals surface area contributed by atoms with Crippen molar-refractivity contribution in [1.29, 1.82) is 5.26 Å². The van der Waals surface area contributed by atoms with Crippen LogP contribution in [-0.4, -0.2) is 9.97 Å². The molecule has 1 heterocycles. The Balaban J connectivity index is 2.46. The summed E-state index contributed by atoms with van der Waals surface area (Å²) in [7, 11) is 0. The van der Waals surface area contributed by atoms with Crippen molar-refractivity contribution in [3.63, 3.8) is 0 Å². The van der Waals surface area contributed by atoms with Crippen molar-refractivity contribution in [2.75, 3.05) is 0 Å². The van der Waals surface area contributed by atoms with Gasteiger partial charge in [-0.2, -0.15) is 5.26 Å². The van der Waals surface area contributed by atoms with Crippen LogP contribution in [0.2, 0.25) is 0 Å². The van der Waals surface area contributed by atoms with E-state index in [1.807, 2.05) is 6.07 Å². The summed E-state index contributed by atoms with van der Waals surface area (Å²) in [4.78, 5) is 7.97. The van der Waals surface area contributed by atoms with Gasteiger partial charge in [0.15, 0.2) is 5.69 Å². The van der Waals surface area contributed by atoms with Gasteiger partial charge in [0.2, 0.25) is 0 Å². The first-order chi connectivity index (χ1) is 8.72. The molecule has 0 amide bonds. The fourth-order valence-corrected chi connectivity index (χ4v) is 1.60. The van der Waals surface area contributed by atoms with Gasteiger partial charge in [-0.05, 0) is 24.6 Å². The third-order valence-corrected chi connectivity index (χ3v) is 2.48. The van der Waals surface area contributed by atoms with Crippen molar-refractivity contribution in [2.24, 2.45) is 0 Å². The summed E-state index contributed by atoms with van der Waals surface area (Å²) < 4.78 is 13.6. The van der Waals surface area contributed by atoms with Gasteiger partial charge in [0, 0.05) is 18.0 Å². The van der Waals surface area contributed by atoms with Crippen LogP contribution in [-0.2, 0) is 0 Å². The Bertz CT molecular complexity index is 641. The maximum Gasteiger partial charge on any atom is 0.166 e. The number of halogens is 1. The normalized spacial score (nSPS) is 11.1. The van der Waals surface area contributed by atoms with Crippen molar-refractivity contribution >= 4 is 11.6 Å². The Morgan fingerprint density at radius 1 is 1.28 bits per heavy atom. The summed E-state index contributed by atoms with van der Waals surface area (Å²) in [6.45, 7) is 1.77. The molecule has 0 unspecified atom stereocenters. The summed E-state index contributed by atoms with van der Waals surface area (Å²) in [6, 6.07) is 8.43. The zero-order valence-corrected chi connectivity index (χ0v) is 9.76. The first-order valence-electron chi connectivity index (χ1n) is 5.36. The molecule has 0 aliphatic carbocycles. The Kier molecular flexibility index (Phi) is 3.44. The van der Waals surface area contributed by atoms with E-state index in [9.17, 15) is 4.39 Å². The molecule has 3 nitrogen and oxygen atoms in total. The highest BCUT2D eigenvalue weighted by Crippen LogP contribution is 2.20. The summed E-state index contributed by atoms with van der Waals surface area (Å²) in [5.74, 6) is -0.298. The summed E-state index contributed by atoms with van der Waals surface area (Å²) in [6.07, 6.45) is 4.61. The number of aromatic nitrogens is 2. The van der Waals surface area contributed by atoms with Crippen LogP contribution in [0.3, 0.4) is 0 Å². The van der Waals surface area contributed by atoms with Gasteiger partial charge < -0.3 is 0 Å². The van der Waals surface area contributed by atoms with E-state index < -0.39 is 0 Å². The minimum absolute atomic E-state index is 0.230. The number of benzene rings is 1. The van der Waals surface area contributed by atoms with Gasteiger partial charge in [-0.1, -0.05) is 18.2 Å². The molecule has 0 N–H and O–H groups in total. The largest absolute Gasteiger partial charge is 0.252 e. The molecule has 0 spiro atoms. The second kappa shape index (κ2) is 5.19. The molecule has 0 radical (unpaired) electrons. The fraction of sp³-hybridized carbons (Fsp3) is 0.0714. The fourth-order valence-electron chi connectivity index (χ4n) is 1.60. The average Bonchev–Trinajstić information content (AvgIpc) is 2.39. The van der Waals surface area contributed by atoms with Crippen LogP contribution in [0.4, 0.5) is 4.39 Å². The summed E-state index contributed by atoms with van der Waals surface area (Å²) in [5, 5.41) is 8.90. The van der Waals surface area contributed by atoms with E-state index in [1.165, 1.54) is 18.5 Å². The molecule has 0 bridgehead atoms. The summed E-state index contributed by atoms with van der Waals surface area (Å²) >= 11 is 0. The lowest BCUT2D eigenvalue weighted by atomic mass is 10.1. The van der Waals surface area contributed by atoms with E-state index in [1.54, 1.807) is 31.2 Å². The van der Waals surface area contributed by atoms with Crippen molar-refractivity contribution in [1.82, 2.24) is 9.97 Å². The van der Waals surface area contributed by atoms with Crippen LogP contribution in [0.5, 0.6) is 0 Å². The van der Waals surface area contributed by atoms with Crippen molar-refractivity contribution in [3.8, 4) is 6.07 Å². The number of allylic oxidation sites excluding steroid dienone is 1. The summed E-state index contributed by atoms with van der Waals surface area (Å²) in [5.41, 5.74) is 1.87. The molecule has 18 heavy (non-hydrogen) atoms. The molecule has 2 aromatic rings. The lowest BCUT2D eigenvalue weighted by molar-refractivity contribution is 0.624. The van der Waals surface area contributed by atoms with Crippen molar-refractivity contribution in [3.05, 3.63) is 59.4 Å². The zero-order chi connectivity index (χ0) is 13.0. The molecule has 0 saturated carbocycles. The van der Waals surface area contributed by atoms with Crippen LogP contribution in [0.25, 0.3) is 11.6 Å². The molecule has 1 aromatic heterocycles. The van der Waals surface area contributed by atoms with Crippen LogP contribution in [0, 0.1) is 17.1 Å². The molecular weight excluding hydrogens is 229 g/mol. The van der Waals surface area contributed by atoms with E-state index in [4.69, 9.17) is 5.26 Å². The molecule has 0 atom stereocenters. The van der Waals surface area contributed by atoms with Crippen molar-refractivity contribution in [2.45, 2.75) is 6.92 Å².